The maximum Gasteiger partial charge on any atom is 0.134 e. The van der Waals surface area contributed by atoms with E-state index in [0.29, 0.717) is 11.8 Å². The molecule has 1 saturated heterocycles. The molecule has 0 aromatic heterocycles. The van der Waals surface area contributed by atoms with Crippen LogP contribution in [0.3, 0.4) is 0 Å². The van der Waals surface area contributed by atoms with Gasteiger partial charge in [-0.05, 0) is 32.4 Å². The van der Waals surface area contributed by atoms with Crippen LogP contribution >= 0.6 is 0 Å². The van der Waals surface area contributed by atoms with Crippen LogP contribution in [0.4, 0.5) is 0 Å². The van der Waals surface area contributed by atoms with Crippen LogP contribution in [-0.4, -0.2) is 29.8 Å². The Morgan fingerprint density at radius 2 is 2.00 bits per heavy atom. The predicted molar refractivity (Wildman–Crippen MR) is 43.5 cm³/mol. The summed E-state index contributed by atoms with van der Waals surface area (Å²) in [6.45, 7) is 2.47. The lowest BCUT2D eigenvalue weighted by atomic mass is 10.2. The van der Waals surface area contributed by atoms with Crippen molar-refractivity contribution < 1.29 is 4.79 Å². The SMILES string of the molecule is O=C1CCC(N2CCCC2)C1. The van der Waals surface area contributed by atoms with Gasteiger partial charge >= 0.3 is 0 Å². The quantitative estimate of drug-likeness (QED) is 0.564. The molecule has 2 nitrogen and oxygen atoms in total. The van der Waals surface area contributed by atoms with Crippen LogP contribution < -0.4 is 0 Å². The van der Waals surface area contributed by atoms with Crippen molar-refractivity contribution in [1.82, 2.24) is 4.90 Å². The summed E-state index contributed by atoms with van der Waals surface area (Å²) in [7, 11) is 0. The molecule has 0 amide bonds. The van der Waals surface area contributed by atoms with Crippen LogP contribution in [0.25, 0.3) is 0 Å². The first-order valence-corrected chi connectivity index (χ1v) is 4.62. The molecule has 0 aromatic rings. The number of carbonyl (C=O) groups excluding carboxylic acids is 1. The Labute approximate surface area is 67.6 Å². The third-order valence-electron chi connectivity index (χ3n) is 2.88. The number of hydrogen-bond acceptors (Lipinski definition) is 2. The molecule has 0 spiro atoms. The Hall–Kier alpha value is -0.370. The smallest absolute Gasteiger partial charge is 0.134 e. The molecule has 2 fully saturated rings. The second-order valence-corrected chi connectivity index (χ2v) is 3.68. The van der Waals surface area contributed by atoms with Crippen LogP contribution in [0.1, 0.15) is 32.1 Å². The van der Waals surface area contributed by atoms with E-state index in [2.05, 4.69) is 4.90 Å². The van der Waals surface area contributed by atoms with Gasteiger partial charge in [-0.2, -0.15) is 0 Å². The Kier molecular flexibility index (Phi) is 1.95. The number of hydrogen-bond donors (Lipinski definition) is 0. The molecule has 0 bridgehead atoms. The zero-order valence-electron chi connectivity index (χ0n) is 6.88. The molecule has 1 atom stereocenters. The highest BCUT2D eigenvalue weighted by Crippen LogP contribution is 2.23. The number of nitrogens with zero attached hydrogens (tertiary/aromatic N) is 1. The molecule has 0 N–H and O–H groups in total. The van der Waals surface area contributed by atoms with Crippen LogP contribution in [0.15, 0.2) is 0 Å². The van der Waals surface area contributed by atoms with Crippen molar-refractivity contribution in [2.45, 2.75) is 38.1 Å². The second-order valence-electron chi connectivity index (χ2n) is 3.68. The number of ketones is 1. The van der Waals surface area contributed by atoms with Crippen molar-refractivity contribution in [1.29, 1.82) is 0 Å². The zero-order valence-corrected chi connectivity index (χ0v) is 6.88. The fraction of sp³-hybridized carbons (Fsp3) is 0.889. The van der Waals surface area contributed by atoms with E-state index < -0.39 is 0 Å². The van der Waals surface area contributed by atoms with Gasteiger partial charge in [0.25, 0.3) is 0 Å². The van der Waals surface area contributed by atoms with E-state index in [4.69, 9.17) is 0 Å². The first-order chi connectivity index (χ1) is 5.36. The van der Waals surface area contributed by atoms with Crippen molar-refractivity contribution in [3.63, 3.8) is 0 Å². The van der Waals surface area contributed by atoms with Gasteiger partial charge in [0.2, 0.25) is 0 Å². The van der Waals surface area contributed by atoms with E-state index in [1.54, 1.807) is 0 Å². The van der Waals surface area contributed by atoms with Crippen LogP contribution in [0, 0.1) is 0 Å². The maximum absolute atomic E-state index is 11.0. The monoisotopic (exact) mass is 153 g/mol. The first kappa shape index (κ1) is 7.29. The molecule has 1 heterocycles. The molecule has 1 aliphatic carbocycles. The van der Waals surface area contributed by atoms with E-state index in [1.165, 1.54) is 25.9 Å². The molecule has 2 heteroatoms. The summed E-state index contributed by atoms with van der Waals surface area (Å²) in [6, 6.07) is 0.616. The first-order valence-electron chi connectivity index (χ1n) is 4.62. The van der Waals surface area contributed by atoms with Crippen molar-refractivity contribution >= 4 is 5.78 Å². The molecule has 1 aliphatic heterocycles. The van der Waals surface area contributed by atoms with Gasteiger partial charge in [0.1, 0.15) is 5.78 Å². The Morgan fingerprint density at radius 3 is 2.55 bits per heavy atom. The summed E-state index contributed by atoms with van der Waals surface area (Å²) in [5, 5.41) is 0. The van der Waals surface area contributed by atoms with Gasteiger partial charge in [-0.3, -0.25) is 9.69 Å². The summed E-state index contributed by atoms with van der Waals surface area (Å²) in [6.07, 6.45) is 5.47. The van der Waals surface area contributed by atoms with Crippen molar-refractivity contribution in [3.8, 4) is 0 Å². The lowest BCUT2D eigenvalue weighted by Gasteiger charge is -2.21. The Bertz CT molecular complexity index is 161. The van der Waals surface area contributed by atoms with Crippen LogP contribution in [-0.2, 0) is 4.79 Å². The van der Waals surface area contributed by atoms with Crippen molar-refractivity contribution in [2.75, 3.05) is 13.1 Å². The molecule has 62 valence electrons. The van der Waals surface area contributed by atoms with E-state index in [9.17, 15) is 4.79 Å². The van der Waals surface area contributed by atoms with Gasteiger partial charge in [-0.25, -0.2) is 0 Å². The minimum Gasteiger partial charge on any atom is -0.300 e. The Morgan fingerprint density at radius 1 is 1.27 bits per heavy atom. The van der Waals surface area contributed by atoms with E-state index in [1.807, 2.05) is 0 Å². The molecular weight excluding hydrogens is 138 g/mol. The van der Waals surface area contributed by atoms with Crippen LogP contribution in [0.5, 0.6) is 0 Å². The highest BCUT2D eigenvalue weighted by atomic mass is 16.1. The van der Waals surface area contributed by atoms with Crippen molar-refractivity contribution in [2.24, 2.45) is 0 Å². The molecule has 1 saturated carbocycles. The van der Waals surface area contributed by atoms with Gasteiger partial charge in [0.15, 0.2) is 0 Å². The average molecular weight is 153 g/mol. The molecule has 0 aromatic carbocycles. The maximum atomic E-state index is 11.0. The fourth-order valence-electron chi connectivity index (χ4n) is 2.21. The largest absolute Gasteiger partial charge is 0.300 e. The summed E-state index contributed by atoms with van der Waals surface area (Å²) in [5.74, 6) is 0.474. The van der Waals surface area contributed by atoms with Gasteiger partial charge in [0.05, 0.1) is 0 Å². The second kappa shape index (κ2) is 2.94. The summed E-state index contributed by atoms with van der Waals surface area (Å²) in [4.78, 5) is 13.5. The third-order valence-corrected chi connectivity index (χ3v) is 2.88. The normalized spacial score (nSPS) is 33.5. The van der Waals surface area contributed by atoms with Crippen molar-refractivity contribution in [3.05, 3.63) is 0 Å². The number of rotatable bonds is 1. The molecule has 0 radical (unpaired) electrons. The van der Waals surface area contributed by atoms with E-state index >= 15 is 0 Å². The fourth-order valence-corrected chi connectivity index (χ4v) is 2.21. The summed E-state index contributed by atoms with van der Waals surface area (Å²) >= 11 is 0. The molecule has 2 aliphatic rings. The summed E-state index contributed by atoms with van der Waals surface area (Å²) < 4.78 is 0. The lowest BCUT2D eigenvalue weighted by molar-refractivity contribution is -0.117. The van der Waals surface area contributed by atoms with Crippen LogP contribution in [0.2, 0.25) is 0 Å². The van der Waals surface area contributed by atoms with E-state index in [0.717, 1.165) is 19.3 Å². The molecule has 1 unspecified atom stereocenters. The number of likely N-dealkylation sites (tertiary alicyclic amines) is 1. The standard InChI is InChI=1S/C9H15NO/c11-9-4-3-8(7-9)10-5-1-2-6-10/h8H,1-7H2. The Balaban J connectivity index is 1.90. The predicted octanol–water partition coefficient (Wildman–Crippen LogP) is 1.20. The topological polar surface area (TPSA) is 20.3 Å². The molecule has 2 rings (SSSR count). The van der Waals surface area contributed by atoms with Gasteiger partial charge < -0.3 is 0 Å². The average Bonchev–Trinajstić information content (AvgIpc) is 2.55. The van der Waals surface area contributed by atoms with Gasteiger partial charge in [-0.1, -0.05) is 0 Å². The molecule has 11 heavy (non-hydrogen) atoms. The minimum absolute atomic E-state index is 0.474. The minimum atomic E-state index is 0.474. The highest BCUT2D eigenvalue weighted by Gasteiger charge is 2.28. The van der Waals surface area contributed by atoms with E-state index in [-0.39, 0.29) is 0 Å². The summed E-state index contributed by atoms with van der Waals surface area (Å²) in [5.41, 5.74) is 0. The molecular formula is C9H15NO. The highest BCUT2D eigenvalue weighted by molar-refractivity contribution is 5.81. The third kappa shape index (κ3) is 1.45. The number of Topliss-reactive ketones (excluding diaryl/α,β-unsaturated/α-hetero) is 1. The number of carbonyl (C=O) groups is 1. The lowest BCUT2D eigenvalue weighted by Crippen LogP contribution is -2.30. The zero-order chi connectivity index (χ0) is 7.68. The van der Waals surface area contributed by atoms with Gasteiger partial charge in [0, 0.05) is 18.9 Å². The van der Waals surface area contributed by atoms with Gasteiger partial charge in [-0.15, -0.1) is 0 Å².